The van der Waals surface area contributed by atoms with E-state index in [0.29, 0.717) is 11.1 Å². The predicted octanol–water partition coefficient (Wildman–Crippen LogP) is 3.33. The molecule has 1 N–H and O–H groups in total. The van der Waals surface area contributed by atoms with E-state index in [4.69, 9.17) is 0 Å². The Hall–Kier alpha value is -2.82. The first kappa shape index (κ1) is 16.1. The molecule has 0 bridgehead atoms. The van der Waals surface area contributed by atoms with Gasteiger partial charge >= 0.3 is 5.97 Å². The lowest BCUT2D eigenvalue weighted by Gasteiger charge is -2.17. The number of nitrogens with zero attached hydrogens (tertiary/aromatic N) is 1. The fourth-order valence-corrected chi connectivity index (χ4v) is 2.81. The fourth-order valence-electron chi connectivity index (χ4n) is 2.81. The highest BCUT2D eigenvalue weighted by atomic mass is 16.5. The first-order chi connectivity index (χ1) is 11.7. The van der Waals surface area contributed by atoms with Crippen molar-refractivity contribution in [1.82, 2.24) is 0 Å². The van der Waals surface area contributed by atoms with Crippen LogP contribution >= 0.6 is 0 Å². The topological polar surface area (TPSA) is 58.6 Å². The van der Waals surface area contributed by atoms with E-state index in [1.807, 2.05) is 24.3 Å². The summed E-state index contributed by atoms with van der Waals surface area (Å²) < 4.78 is 4.64. The Balaban J connectivity index is 1.64. The van der Waals surface area contributed by atoms with E-state index in [1.54, 1.807) is 24.3 Å². The van der Waals surface area contributed by atoms with Gasteiger partial charge < -0.3 is 15.0 Å². The van der Waals surface area contributed by atoms with E-state index in [2.05, 4.69) is 15.0 Å². The maximum Gasteiger partial charge on any atom is 0.337 e. The Morgan fingerprint density at radius 2 is 1.50 bits per heavy atom. The molecule has 1 saturated heterocycles. The summed E-state index contributed by atoms with van der Waals surface area (Å²) >= 11 is 0. The minimum Gasteiger partial charge on any atom is -0.465 e. The molecule has 3 rings (SSSR count). The summed E-state index contributed by atoms with van der Waals surface area (Å²) in [4.78, 5) is 26.0. The average molecular weight is 324 g/mol. The molecule has 5 heteroatoms. The zero-order valence-corrected chi connectivity index (χ0v) is 13.6. The van der Waals surface area contributed by atoms with Crippen LogP contribution in [0.5, 0.6) is 0 Å². The second-order valence-electron chi connectivity index (χ2n) is 5.76. The number of carbonyl (C=O) groups excluding carboxylic acids is 2. The van der Waals surface area contributed by atoms with Crippen LogP contribution in [-0.2, 0) is 4.74 Å². The monoisotopic (exact) mass is 324 g/mol. The van der Waals surface area contributed by atoms with Crippen molar-refractivity contribution in [3.05, 3.63) is 59.7 Å². The molecule has 0 saturated carbocycles. The molecule has 5 nitrogen and oxygen atoms in total. The summed E-state index contributed by atoms with van der Waals surface area (Å²) in [5, 5.41) is 2.87. The molecule has 2 aromatic carbocycles. The van der Waals surface area contributed by atoms with Gasteiger partial charge in [-0.05, 0) is 61.4 Å². The van der Waals surface area contributed by atoms with Crippen LogP contribution in [0.2, 0.25) is 0 Å². The van der Waals surface area contributed by atoms with E-state index in [1.165, 1.54) is 25.6 Å². The number of benzene rings is 2. The molecule has 1 aliphatic heterocycles. The van der Waals surface area contributed by atoms with Crippen molar-refractivity contribution in [3.8, 4) is 0 Å². The zero-order chi connectivity index (χ0) is 16.9. The van der Waals surface area contributed by atoms with Crippen molar-refractivity contribution in [2.24, 2.45) is 0 Å². The quantitative estimate of drug-likeness (QED) is 0.877. The van der Waals surface area contributed by atoms with Gasteiger partial charge in [0.1, 0.15) is 0 Å². The third-order valence-corrected chi connectivity index (χ3v) is 4.16. The van der Waals surface area contributed by atoms with E-state index in [9.17, 15) is 9.59 Å². The Labute approximate surface area is 141 Å². The van der Waals surface area contributed by atoms with Gasteiger partial charge in [-0.1, -0.05) is 0 Å². The van der Waals surface area contributed by atoms with Crippen LogP contribution in [0, 0.1) is 0 Å². The number of nitrogens with one attached hydrogen (secondary N) is 1. The normalized spacial score (nSPS) is 13.6. The molecule has 0 aliphatic carbocycles. The third kappa shape index (κ3) is 3.56. The van der Waals surface area contributed by atoms with E-state index >= 15 is 0 Å². The van der Waals surface area contributed by atoms with E-state index in [0.717, 1.165) is 18.8 Å². The molecule has 0 unspecified atom stereocenters. The van der Waals surface area contributed by atoms with E-state index in [-0.39, 0.29) is 5.91 Å². The number of amides is 1. The van der Waals surface area contributed by atoms with Crippen LogP contribution in [0.1, 0.15) is 33.6 Å². The lowest BCUT2D eigenvalue weighted by molar-refractivity contribution is 0.0600. The van der Waals surface area contributed by atoms with Crippen LogP contribution < -0.4 is 10.2 Å². The minimum atomic E-state index is -0.417. The van der Waals surface area contributed by atoms with Gasteiger partial charge in [0.05, 0.1) is 12.7 Å². The number of methoxy groups -OCH3 is 1. The van der Waals surface area contributed by atoms with Gasteiger partial charge in [0.25, 0.3) is 5.91 Å². The second-order valence-corrected chi connectivity index (χ2v) is 5.76. The van der Waals surface area contributed by atoms with Crippen LogP contribution in [0.4, 0.5) is 11.4 Å². The highest BCUT2D eigenvalue weighted by Crippen LogP contribution is 2.22. The lowest BCUT2D eigenvalue weighted by Crippen LogP contribution is -2.17. The van der Waals surface area contributed by atoms with Crippen molar-refractivity contribution < 1.29 is 14.3 Å². The molecule has 0 spiro atoms. The third-order valence-electron chi connectivity index (χ3n) is 4.16. The van der Waals surface area contributed by atoms with Crippen LogP contribution in [0.25, 0.3) is 0 Å². The van der Waals surface area contributed by atoms with Crippen LogP contribution in [-0.4, -0.2) is 32.1 Å². The molecule has 0 atom stereocenters. The maximum atomic E-state index is 12.3. The molecule has 1 amide bonds. The Kier molecular flexibility index (Phi) is 4.79. The molecule has 24 heavy (non-hydrogen) atoms. The number of esters is 1. The SMILES string of the molecule is COC(=O)c1ccc(C(=O)Nc2ccc(N3CCCC3)cc2)cc1. The number of hydrogen-bond donors (Lipinski definition) is 1. The number of hydrogen-bond acceptors (Lipinski definition) is 4. The molecular weight excluding hydrogens is 304 g/mol. The standard InChI is InChI=1S/C19H20N2O3/c1-24-19(23)15-6-4-14(5-7-15)18(22)20-16-8-10-17(11-9-16)21-12-2-3-13-21/h4-11H,2-3,12-13H2,1H3,(H,20,22). The smallest absolute Gasteiger partial charge is 0.337 e. The number of rotatable bonds is 4. The van der Waals surface area contributed by atoms with Gasteiger partial charge in [-0.2, -0.15) is 0 Å². The van der Waals surface area contributed by atoms with Gasteiger partial charge in [-0.3, -0.25) is 4.79 Å². The molecule has 124 valence electrons. The highest BCUT2D eigenvalue weighted by molar-refractivity contribution is 6.04. The van der Waals surface area contributed by atoms with Gasteiger partial charge in [-0.15, -0.1) is 0 Å². The molecule has 2 aromatic rings. The zero-order valence-electron chi connectivity index (χ0n) is 13.6. The minimum absolute atomic E-state index is 0.208. The summed E-state index contributed by atoms with van der Waals surface area (Å²) in [5.74, 6) is -0.625. The average Bonchev–Trinajstić information content (AvgIpc) is 3.16. The highest BCUT2D eigenvalue weighted by Gasteiger charge is 2.13. The van der Waals surface area contributed by atoms with Crippen LogP contribution in [0.3, 0.4) is 0 Å². The molecular formula is C19H20N2O3. The number of ether oxygens (including phenoxy) is 1. The number of carbonyl (C=O) groups is 2. The molecule has 0 aromatic heterocycles. The molecule has 1 heterocycles. The van der Waals surface area contributed by atoms with Crippen molar-refractivity contribution in [2.75, 3.05) is 30.4 Å². The summed E-state index contributed by atoms with van der Waals surface area (Å²) in [6.45, 7) is 2.19. The lowest BCUT2D eigenvalue weighted by atomic mass is 10.1. The first-order valence-electron chi connectivity index (χ1n) is 8.02. The van der Waals surface area contributed by atoms with Crippen molar-refractivity contribution in [2.45, 2.75) is 12.8 Å². The predicted molar refractivity (Wildman–Crippen MR) is 93.6 cm³/mol. The fraction of sp³-hybridized carbons (Fsp3) is 0.263. The summed E-state index contributed by atoms with van der Waals surface area (Å²) in [6.07, 6.45) is 2.47. The Morgan fingerprint density at radius 3 is 2.08 bits per heavy atom. The van der Waals surface area contributed by atoms with Crippen LogP contribution in [0.15, 0.2) is 48.5 Å². The second kappa shape index (κ2) is 7.17. The molecule has 1 fully saturated rings. The Morgan fingerprint density at radius 1 is 0.917 bits per heavy atom. The van der Waals surface area contributed by atoms with Crippen molar-refractivity contribution in [3.63, 3.8) is 0 Å². The summed E-state index contributed by atoms with van der Waals surface area (Å²) in [6, 6.07) is 14.3. The van der Waals surface area contributed by atoms with Gasteiger partial charge in [0.2, 0.25) is 0 Å². The van der Waals surface area contributed by atoms with E-state index < -0.39 is 5.97 Å². The maximum absolute atomic E-state index is 12.3. The molecule has 1 aliphatic rings. The van der Waals surface area contributed by atoms with Gasteiger partial charge in [-0.25, -0.2) is 4.79 Å². The summed E-state index contributed by atoms with van der Waals surface area (Å²) in [5.41, 5.74) is 2.85. The largest absolute Gasteiger partial charge is 0.465 e. The van der Waals surface area contributed by atoms with Crippen molar-refractivity contribution >= 4 is 23.3 Å². The van der Waals surface area contributed by atoms with Crippen molar-refractivity contribution in [1.29, 1.82) is 0 Å². The molecule has 0 radical (unpaired) electrons. The number of anilines is 2. The summed E-state index contributed by atoms with van der Waals surface area (Å²) in [7, 11) is 1.33. The first-order valence-corrected chi connectivity index (χ1v) is 8.02. The Bertz CT molecular complexity index is 717. The van der Waals surface area contributed by atoms with Gasteiger partial charge in [0, 0.05) is 30.0 Å². The van der Waals surface area contributed by atoms with Gasteiger partial charge in [0.15, 0.2) is 0 Å².